The minimum atomic E-state index is -1.53. The Morgan fingerprint density at radius 2 is 2.04 bits per heavy atom. The van der Waals surface area contributed by atoms with Crippen molar-refractivity contribution in [3.63, 3.8) is 0 Å². The summed E-state index contributed by atoms with van der Waals surface area (Å²) in [5, 5.41) is 3.67. The van der Waals surface area contributed by atoms with E-state index in [0.29, 0.717) is 61.9 Å². The van der Waals surface area contributed by atoms with Gasteiger partial charge in [-0.2, -0.15) is 4.72 Å². The fraction of sp³-hybridized carbons (Fsp3) is 0.571. The molecule has 0 radical (unpaired) electrons. The van der Waals surface area contributed by atoms with E-state index in [1.807, 2.05) is 32.0 Å². The largest absolute Gasteiger partial charge is 0.593 e. The van der Waals surface area contributed by atoms with Gasteiger partial charge >= 0.3 is 0 Å². The summed E-state index contributed by atoms with van der Waals surface area (Å²) < 4.78 is 42.9. The summed E-state index contributed by atoms with van der Waals surface area (Å²) in [6, 6.07) is 9.12. The number of rotatable bonds is 8. The molecule has 2 bridgehead atoms. The number of methoxy groups -OCH3 is 1. The number of carbonyl (C=O) groups is 1. The molecule has 0 saturated carbocycles. The van der Waals surface area contributed by atoms with Crippen LogP contribution >= 0.6 is 11.6 Å². The number of anilines is 1. The molecule has 2 aromatic carbocycles. The van der Waals surface area contributed by atoms with Crippen LogP contribution in [-0.4, -0.2) is 61.7 Å². The third-order valence-corrected chi connectivity index (χ3v) is 10.8. The van der Waals surface area contributed by atoms with Crippen molar-refractivity contribution in [2.45, 2.75) is 83.4 Å². The fourth-order valence-electron chi connectivity index (χ4n) is 6.50. The lowest BCUT2D eigenvalue weighted by atomic mass is 9.87. The van der Waals surface area contributed by atoms with Crippen molar-refractivity contribution in [2.75, 3.05) is 44.9 Å². The van der Waals surface area contributed by atoms with Crippen LogP contribution in [0.25, 0.3) is 0 Å². The molecule has 7 nitrogen and oxygen atoms in total. The molecule has 5 atom stereocenters. The van der Waals surface area contributed by atoms with E-state index in [1.165, 1.54) is 5.57 Å². The van der Waals surface area contributed by atoms with Gasteiger partial charge in [0, 0.05) is 50.7 Å². The van der Waals surface area contributed by atoms with Gasteiger partial charge < -0.3 is 24.2 Å². The van der Waals surface area contributed by atoms with E-state index in [1.54, 1.807) is 19.2 Å². The molecule has 1 amide bonds. The van der Waals surface area contributed by atoms with Crippen LogP contribution in [0.15, 0.2) is 42.0 Å². The van der Waals surface area contributed by atoms with Gasteiger partial charge in [0.1, 0.15) is 16.8 Å². The van der Waals surface area contributed by atoms with Gasteiger partial charge in [-0.25, -0.2) is 4.39 Å². The topological polar surface area (TPSA) is 85.9 Å². The molecule has 2 aliphatic rings. The molecule has 2 aliphatic heterocycles. The first kappa shape index (κ1) is 35.6. The lowest BCUT2D eigenvalue weighted by molar-refractivity contribution is 0.0981. The molecular weight excluding hydrogens is 613 g/mol. The number of hydrogen-bond acceptors (Lipinski definition) is 6. The van der Waals surface area contributed by atoms with Crippen LogP contribution in [0.3, 0.4) is 0 Å². The third-order valence-electron chi connectivity index (χ3n) is 9.14. The molecular formula is C35H49ClFN3O4S. The first-order valence-corrected chi connectivity index (χ1v) is 17.9. The zero-order chi connectivity index (χ0) is 32.5. The number of nitrogens with zero attached hydrogens (tertiary/aromatic N) is 1. The zero-order valence-electron chi connectivity index (χ0n) is 27.3. The second-order valence-corrected chi connectivity index (χ2v) is 14.3. The Morgan fingerprint density at radius 3 is 2.78 bits per heavy atom. The molecule has 2 N–H and O–H groups in total. The highest BCUT2D eigenvalue weighted by atomic mass is 35.5. The third kappa shape index (κ3) is 8.95. The van der Waals surface area contributed by atoms with Crippen LogP contribution in [-0.2, 0) is 22.5 Å². The summed E-state index contributed by atoms with van der Waals surface area (Å²) >= 11 is 4.69. The zero-order valence-corrected chi connectivity index (χ0v) is 28.9. The van der Waals surface area contributed by atoms with Crippen molar-refractivity contribution < 1.29 is 23.2 Å². The molecule has 0 saturated heterocycles. The van der Waals surface area contributed by atoms with E-state index in [4.69, 9.17) is 21.1 Å². The number of hydrogen-bond donors (Lipinski definition) is 2. The van der Waals surface area contributed by atoms with Crippen LogP contribution in [0.2, 0.25) is 5.02 Å². The van der Waals surface area contributed by atoms with Crippen LogP contribution in [0.1, 0.15) is 87.2 Å². The Balaban J connectivity index is 1.75. The number of nitrogens with one attached hydrogen (secondary N) is 2. The lowest BCUT2D eigenvalue weighted by Gasteiger charge is -2.33. The first-order valence-electron chi connectivity index (χ1n) is 16.3. The Bertz CT molecular complexity index is 1330. The molecule has 0 aliphatic carbocycles. The summed E-state index contributed by atoms with van der Waals surface area (Å²) in [6.07, 6.45) is 6.97. The van der Waals surface area contributed by atoms with E-state index >= 15 is 4.39 Å². The highest BCUT2D eigenvalue weighted by Gasteiger charge is 2.31. The molecule has 0 spiro atoms. The standard InChI is InChI=1S/C35H49ClFN3O4S/c1-6-9-29-28(13-14-30(36)33(29)37)27-21-40-18-16-25(7-2)34(38-17-19-43-5)23(3)10-8-11-24(4)45(42)39-35(41)26-12-15-32(44-22-27)31(40)20-26/h10,12-15,20,24-25,27,34,38H,6-9,11,16-19,21-22H2,1-5H3,(H,39,41)/b23-10+. The summed E-state index contributed by atoms with van der Waals surface area (Å²) in [7, 11) is 1.71. The van der Waals surface area contributed by atoms with Crippen molar-refractivity contribution in [1.82, 2.24) is 10.0 Å². The molecule has 10 heteroatoms. The summed E-state index contributed by atoms with van der Waals surface area (Å²) in [5.74, 6) is 0.166. The van der Waals surface area contributed by atoms with E-state index in [-0.39, 0.29) is 34.0 Å². The number of allylic oxidation sites excluding steroid dienone is 1. The van der Waals surface area contributed by atoms with E-state index in [9.17, 15) is 9.35 Å². The Morgan fingerprint density at radius 1 is 1.24 bits per heavy atom. The fourth-order valence-corrected chi connectivity index (χ4v) is 7.53. The van der Waals surface area contributed by atoms with Crippen LogP contribution in [0.5, 0.6) is 5.75 Å². The van der Waals surface area contributed by atoms with Gasteiger partial charge in [0.25, 0.3) is 5.91 Å². The average molecular weight is 662 g/mol. The Labute approximate surface area is 276 Å². The van der Waals surface area contributed by atoms with Crippen molar-refractivity contribution in [3.8, 4) is 5.75 Å². The second-order valence-electron chi connectivity index (χ2n) is 12.3. The van der Waals surface area contributed by atoms with Gasteiger partial charge in [0.2, 0.25) is 0 Å². The highest BCUT2D eigenvalue weighted by Crippen LogP contribution is 2.38. The summed E-state index contributed by atoms with van der Waals surface area (Å²) in [4.78, 5) is 15.6. The van der Waals surface area contributed by atoms with Crippen LogP contribution in [0, 0.1) is 11.7 Å². The predicted molar refractivity (Wildman–Crippen MR) is 182 cm³/mol. The van der Waals surface area contributed by atoms with Gasteiger partial charge in [-0.15, -0.1) is 0 Å². The maximum Gasteiger partial charge on any atom is 0.292 e. The monoisotopic (exact) mass is 661 g/mol. The molecule has 2 heterocycles. The highest BCUT2D eigenvalue weighted by molar-refractivity contribution is 7.90. The Kier molecular flexibility index (Phi) is 13.4. The first-order chi connectivity index (χ1) is 21.7. The van der Waals surface area contributed by atoms with E-state index in [0.717, 1.165) is 43.5 Å². The molecule has 5 unspecified atom stereocenters. The number of fused-ring (bicyclic) bond motifs is 1. The van der Waals surface area contributed by atoms with Crippen molar-refractivity contribution in [3.05, 3.63) is 69.5 Å². The number of amides is 1. The minimum Gasteiger partial charge on any atom is -0.593 e. The summed E-state index contributed by atoms with van der Waals surface area (Å²) in [6.45, 7) is 11.4. The Hall–Kier alpha value is -2.30. The number of benzene rings is 2. The summed E-state index contributed by atoms with van der Waals surface area (Å²) in [5.41, 5.74) is 4.05. The average Bonchev–Trinajstić information content (AvgIpc) is 3.21. The normalized spacial score (nSPS) is 26.0. The van der Waals surface area contributed by atoms with Gasteiger partial charge in [-0.05, 0) is 74.4 Å². The minimum absolute atomic E-state index is 0.112. The molecule has 0 aromatic heterocycles. The number of ether oxygens (including phenoxy) is 2. The number of halogens is 2. The van der Waals surface area contributed by atoms with Gasteiger partial charge in [-0.1, -0.05) is 56.0 Å². The maximum atomic E-state index is 15.3. The van der Waals surface area contributed by atoms with Crippen molar-refractivity contribution >= 4 is 34.6 Å². The van der Waals surface area contributed by atoms with Gasteiger partial charge in [0.05, 0.1) is 35.3 Å². The lowest BCUT2D eigenvalue weighted by Crippen LogP contribution is -2.41. The van der Waals surface area contributed by atoms with E-state index in [2.05, 4.69) is 34.9 Å². The van der Waals surface area contributed by atoms with E-state index < -0.39 is 11.4 Å². The molecule has 248 valence electrons. The SMILES string of the molecule is CCCc1c(C2COc3ccc4cc3N(CCC(CC)C(NCCOC)/C(C)=C/CCC(C)[S+]([O-])NC4=O)C2)ccc(Cl)c1F. The molecule has 45 heavy (non-hydrogen) atoms. The van der Waals surface area contributed by atoms with Crippen molar-refractivity contribution in [1.29, 1.82) is 0 Å². The number of carbonyl (C=O) groups excluding carboxylic acids is 1. The predicted octanol–water partition coefficient (Wildman–Crippen LogP) is 6.96. The second kappa shape index (κ2) is 17.0. The van der Waals surface area contributed by atoms with Crippen LogP contribution < -0.4 is 19.7 Å². The molecule has 4 rings (SSSR count). The molecule has 2 aromatic rings. The van der Waals surface area contributed by atoms with Gasteiger partial charge in [-0.3, -0.25) is 4.79 Å². The molecule has 0 fully saturated rings. The van der Waals surface area contributed by atoms with Crippen LogP contribution in [0.4, 0.5) is 10.1 Å². The quantitative estimate of drug-likeness (QED) is 0.181. The van der Waals surface area contributed by atoms with Gasteiger partial charge in [0.15, 0.2) is 0 Å². The van der Waals surface area contributed by atoms with Crippen molar-refractivity contribution in [2.24, 2.45) is 5.92 Å². The smallest absolute Gasteiger partial charge is 0.292 e. The maximum absolute atomic E-state index is 15.3.